The Hall–Kier alpha value is -1.92. The van der Waals surface area contributed by atoms with Crippen molar-refractivity contribution in [3.05, 3.63) is 47.8 Å². The molecule has 4 nitrogen and oxygen atoms in total. The highest BCUT2D eigenvalue weighted by molar-refractivity contribution is 5.54. The summed E-state index contributed by atoms with van der Waals surface area (Å²) in [4.78, 5) is 8.16. The van der Waals surface area contributed by atoms with Gasteiger partial charge in [-0.2, -0.15) is 0 Å². The molecule has 0 unspecified atom stereocenters. The number of benzene rings is 1. The van der Waals surface area contributed by atoms with E-state index in [1.54, 1.807) is 6.07 Å². The van der Waals surface area contributed by atoms with Crippen molar-refractivity contribution < 1.29 is 18.3 Å². The molecular weight excluding hydrogens is 254 g/mol. The SMILES string of the molecule is COC(OC)c1ccnc(-c2cc(F)cc(F)c2)n1. The molecule has 0 atom stereocenters. The molecule has 1 aromatic heterocycles. The molecule has 0 spiro atoms. The van der Waals surface area contributed by atoms with Crippen molar-refractivity contribution >= 4 is 0 Å². The molecule has 0 aliphatic rings. The molecule has 0 N–H and O–H groups in total. The average Bonchev–Trinajstić information content (AvgIpc) is 2.39. The highest BCUT2D eigenvalue weighted by Gasteiger charge is 2.13. The zero-order chi connectivity index (χ0) is 13.8. The van der Waals surface area contributed by atoms with E-state index in [9.17, 15) is 8.78 Å². The summed E-state index contributed by atoms with van der Waals surface area (Å²) in [6.45, 7) is 0. The Morgan fingerprint density at radius 1 is 1.05 bits per heavy atom. The zero-order valence-electron chi connectivity index (χ0n) is 10.4. The van der Waals surface area contributed by atoms with Crippen LogP contribution in [-0.2, 0) is 9.47 Å². The van der Waals surface area contributed by atoms with Gasteiger partial charge in [0.1, 0.15) is 17.3 Å². The van der Waals surface area contributed by atoms with Crippen molar-refractivity contribution in [1.82, 2.24) is 9.97 Å². The van der Waals surface area contributed by atoms with E-state index in [0.717, 1.165) is 18.2 Å². The summed E-state index contributed by atoms with van der Waals surface area (Å²) >= 11 is 0. The summed E-state index contributed by atoms with van der Waals surface area (Å²) in [5.74, 6) is -1.16. The number of methoxy groups -OCH3 is 2. The summed E-state index contributed by atoms with van der Waals surface area (Å²) < 4.78 is 36.4. The van der Waals surface area contributed by atoms with Crippen LogP contribution in [0, 0.1) is 11.6 Å². The van der Waals surface area contributed by atoms with Crippen LogP contribution in [0.15, 0.2) is 30.5 Å². The van der Waals surface area contributed by atoms with E-state index >= 15 is 0 Å². The summed E-state index contributed by atoms with van der Waals surface area (Å²) in [6.07, 6.45) is 0.825. The Morgan fingerprint density at radius 3 is 2.26 bits per heavy atom. The molecule has 19 heavy (non-hydrogen) atoms. The van der Waals surface area contributed by atoms with Gasteiger partial charge in [-0.3, -0.25) is 0 Å². The number of rotatable bonds is 4. The number of aromatic nitrogens is 2. The Labute approximate surface area is 109 Å². The Balaban J connectivity index is 2.42. The zero-order valence-corrected chi connectivity index (χ0v) is 10.4. The van der Waals surface area contributed by atoms with E-state index in [1.807, 2.05) is 0 Å². The maximum atomic E-state index is 13.2. The molecule has 1 aromatic carbocycles. The fraction of sp³-hybridized carbons (Fsp3) is 0.231. The van der Waals surface area contributed by atoms with Gasteiger partial charge in [-0.1, -0.05) is 0 Å². The summed E-state index contributed by atoms with van der Waals surface area (Å²) in [6, 6.07) is 4.73. The number of halogens is 2. The van der Waals surface area contributed by atoms with Gasteiger partial charge < -0.3 is 9.47 Å². The molecule has 6 heteroatoms. The number of ether oxygens (including phenoxy) is 2. The molecule has 0 fully saturated rings. The van der Waals surface area contributed by atoms with E-state index in [4.69, 9.17) is 9.47 Å². The van der Waals surface area contributed by atoms with Crippen molar-refractivity contribution in [2.75, 3.05) is 14.2 Å². The van der Waals surface area contributed by atoms with Gasteiger partial charge in [-0.05, 0) is 18.2 Å². The first-order valence-corrected chi connectivity index (χ1v) is 5.49. The molecule has 0 saturated carbocycles. The third-order valence-electron chi connectivity index (χ3n) is 2.47. The quantitative estimate of drug-likeness (QED) is 0.798. The maximum Gasteiger partial charge on any atom is 0.200 e. The number of nitrogens with zero attached hydrogens (tertiary/aromatic N) is 2. The molecule has 0 saturated heterocycles. The Kier molecular flexibility index (Phi) is 4.13. The van der Waals surface area contributed by atoms with Gasteiger partial charge in [0.15, 0.2) is 5.82 Å². The molecule has 0 amide bonds. The summed E-state index contributed by atoms with van der Waals surface area (Å²) in [7, 11) is 2.94. The first-order chi connectivity index (χ1) is 9.13. The predicted molar refractivity (Wildman–Crippen MR) is 64.1 cm³/mol. The van der Waals surface area contributed by atoms with Gasteiger partial charge >= 0.3 is 0 Å². The molecule has 0 aliphatic heterocycles. The van der Waals surface area contributed by atoms with Crippen LogP contribution in [-0.4, -0.2) is 24.2 Å². The average molecular weight is 266 g/mol. The number of hydrogen-bond acceptors (Lipinski definition) is 4. The van der Waals surface area contributed by atoms with Crippen LogP contribution in [0.4, 0.5) is 8.78 Å². The van der Waals surface area contributed by atoms with E-state index in [2.05, 4.69) is 9.97 Å². The highest BCUT2D eigenvalue weighted by Crippen LogP contribution is 2.21. The maximum absolute atomic E-state index is 13.2. The molecular formula is C13H12F2N2O2. The fourth-order valence-electron chi connectivity index (χ4n) is 1.66. The third kappa shape index (κ3) is 3.10. The van der Waals surface area contributed by atoms with Gasteiger partial charge in [0.2, 0.25) is 6.29 Å². The Morgan fingerprint density at radius 2 is 1.68 bits per heavy atom. The summed E-state index contributed by atoms with van der Waals surface area (Å²) in [5, 5.41) is 0. The predicted octanol–water partition coefficient (Wildman–Crippen LogP) is 2.71. The van der Waals surface area contributed by atoms with Crippen LogP contribution in [0.5, 0.6) is 0 Å². The normalized spacial score (nSPS) is 11.0. The Bertz CT molecular complexity index is 554. The molecule has 100 valence electrons. The lowest BCUT2D eigenvalue weighted by atomic mass is 10.2. The first-order valence-electron chi connectivity index (χ1n) is 5.49. The second-order valence-corrected chi connectivity index (χ2v) is 3.77. The molecule has 0 bridgehead atoms. The number of hydrogen-bond donors (Lipinski definition) is 0. The fourth-order valence-corrected chi connectivity index (χ4v) is 1.66. The van der Waals surface area contributed by atoms with E-state index < -0.39 is 17.9 Å². The van der Waals surface area contributed by atoms with Crippen LogP contribution in [0.2, 0.25) is 0 Å². The minimum absolute atomic E-state index is 0.204. The van der Waals surface area contributed by atoms with Gasteiger partial charge in [-0.25, -0.2) is 18.7 Å². The van der Waals surface area contributed by atoms with Crippen molar-refractivity contribution in [3.63, 3.8) is 0 Å². The van der Waals surface area contributed by atoms with Gasteiger partial charge in [0.25, 0.3) is 0 Å². The van der Waals surface area contributed by atoms with Crippen molar-refractivity contribution in [1.29, 1.82) is 0 Å². The van der Waals surface area contributed by atoms with Crippen molar-refractivity contribution in [2.24, 2.45) is 0 Å². The van der Waals surface area contributed by atoms with E-state index in [1.165, 1.54) is 20.4 Å². The molecule has 2 rings (SSSR count). The van der Waals surface area contributed by atoms with Crippen LogP contribution in [0.3, 0.4) is 0 Å². The van der Waals surface area contributed by atoms with Crippen LogP contribution < -0.4 is 0 Å². The monoisotopic (exact) mass is 266 g/mol. The molecule has 0 aliphatic carbocycles. The van der Waals surface area contributed by atoms with Crippen molar-refractivity contribution in [2.45, 2.75) is 6.29 Å². The lowest BCUT2D eigenvalue weighted by molar-refractivity contribution is -0.108. The van der Waals surface area contributed by atoms with Gasteiger partial charge in [0, 0.05) is 32.0 Å². The summed E-state index contributed by atoms with van der Waals surface area (Å²) in [5.41, 5.74) is 0.727. The third-order valence-corrected chi connectivity index (χ3v) is 2.47. The minimum atomic E-state index is -0.681. The smallest absolute Gasteiger partial charge is 0.200 e. The van der Waals surface area contributed by atoms with Crippen LogP contribution >= 0.6 is 0 Å². The van der Waals surface area contributed by atoms with E-state index in [-0.39, 0.29) is 11.4 Å². The van der Waals surface area contributed by atoms with Gasteiger partial charge in [-0.15, -0.1) is 0 Å². The largest absolute Gasteiger partial charge is 0.350 e. The minimum Gasteiger partial charge on any atom is -0.350 e. The van der Waals surface area contributed by atoms with Crippen molar-refractivity contribution in [3.8, 4) is 11.4 Å². The van der Waals surface area contributed by atoms with Crippen LogP contribution in [0.1, 0.15) is 12.0 Å². The molecule has 0 radical (unpaired) electrons. The molecule has 2 aromatic rings. The first kappa shape index (κ1) is 13.5. The lowest BCUT2D eigenvalue weighted by Crippen LogP contribution is -2.07. The van der Waals surface area contributed by atoms with Crippen LogP contribution in [0.25, 0.3) is 11.4 Å². The second-order valence-electron chi connectivity index (χ2n) is 3.77. The topological polar surface area (TPSA) is 44.2 Å². The standard InChI is InChI=1S/C13H12F2N2O2/c1-18-13(19-2)11-3-4-16-12(17-11)8-5-9(14)7-10(15)6-8/h3-7,13H,1-2H3. The second kappa shape index (κ2) is 5.81. The lowest BCUT2D eigenvalue weighted by Gasteiger charge is -2.13. The highest BCUT2D eigenvalue weighted by atomic mass is 19.1. The van der Waals surface area contributed by atoms with Gasteiger partial charge in [0.05, 0.1) is 0 Å². The molecule has 1 heterocycles. The van der Waals surface area contributed by atoms with E-state index in [0.29, 0.717) is 5.69 Å².